The van der Waals surface area contributed by atoms with Gasteiger partial charge in [0.15, 0.2) is 5.16 Å². The second-order valence-corrected chi connectivity index (χ2v) is 6.73. The number of aromatic nitrogens is 3. The molecule has 3 aromatic rings. The van der Waals surface area contributed by atoms with Crippen LogP contribution in [0, 0.1) is 0 Å². The number of anilines is 2. The minimum absolute atomic E-state index is 0.0345. The lowest BCUT2D eigenvalue weighted by Gasteiger charge is -2.17. The smallest absolute Gasteiger partial charge is 0.237 e. The van der Waals surface area contributed by atoms with Crippen molar-refractivity contribution in [2.75, 3.05) is 23.0 Å². The number of thioether (sulfide) groups is 1. The number of amides is 2. The summed E-state index contributed by atoms with van der Waals surface area (Å²) in [6.07, 6.45) is 1.58. The lowest BCUT2D eigenvalue weighted by molar-refractivity contribution is -0.116. The molecule has 0 bridgehead atoms. The van der Waals surface area contributed by atoms with Gasteiger partial charge in [-0.3, -0.25) is 14.2 Å². The highest BCUT2D eigenvalue weighted by Crippen LogP contribution is 2.22. The molecule has 2 amide bonds. The van der Waals surface area contributed by atoms with Crippen LogP contribution in [0.5, 0.6) is 0 Å². The Morgan fingerprint density at radius 3 is 2.67 bits per heavy atom. The van der Waals surface area contributed by atoms with E-state index >= 15 is 0 Å². The Balaban J connectivity index is 1.70. The number of nitrogens with zero attached hydrogens (tertiary/aromatic N) is 4. The minimum atomic E-state index is -0.139. The first-order chi connectivity index (χ1) is 13.0. The number of hydrogen-bond acceptors (Lipinski definition) is 5. The first-order valence-corrected chi connectivity index (χ1v) is 9.25. The summed E-state index contributed by atoms with van der Waals surface area (Å²) in [5, 5.41) is 11.4. The number of hydrogen-bond donors (Lipinski definition) is 1. The van der Waals surface area contributed by atoms with Gasteiger partial charge in [0.1, 0.15) is 6.33 Å². The molecule has 0 saturated carbocycles. The average Bonchev–Trinajstić information content (AvgIpc) is 3.14. The standard InChI is InChI=1S/C19H19N5O2S/c1-14(25)21-15-7-6-10-17(11-15)24-13-20-22-19(24)27-12-18(26)23(2)16-8-4-3-5-9-16/h3-11,13H,12H2,1-2H3,(H,21,25). The highest BCUT2D eigenvalue weighted by atomic mass is 32.2. The Labute approximate surface area is 161 Å². The van der Waals surface area contributed by atoms with E-state index < -0.39 is 0 Å². The molecule has 0 aliphatic heterocycles. The van der Waals surface area contributed by atoms with Crippen LogP contribution in [-0.4, -0.2) is 39.4 Å². The van der Waals surface area contributed by atoms with Crippen molar-refractivity contribution in [3.05, 3.63) is 60.9 Å². The predicted molar refractivity (Wildman–Crippen MR) is 106 cm³/mol. The van der Waals surface area contributed by atoms with E-state index in [2.05, 4.69) is 15.5 Å². The SMILES string of the molecule is CC(=O)Nc1cccc(-n2cnnc2SCC(=O)N(C)c2ccccc2)c1. The van der Waals surface area contributed by atoms with Crippen LogP contribution in [0.25, 0.3) is 5.69 Å². The largest absolute Gasteiger partial charge is 0.326 e. The molecule has 1 N–H and O–H groups in total. The van der Waals surface area contributed by atoms with E-state index in [-0.39, 0.29) is 17.6 Å². The highest BCUT2D eigenvalue weighted by molar-refractivity contribution is 7.99. The lowest BCUT2D eigenvalue weighted by atomic mass is 10.2. The van der Waals surface area contributed by atoms with Crippen molar-refractivity contribution in [1.82, 2.24) is 14.8 Å². The van der Waals surface area contributed by atoms with Gasteiger partial charge in [0.25, 0.3) is 0 Å². The van der Waals surface area contributed by atoms with Crippen molar-refractivity contribution in [2.24, 2.45) is 0 Å². The summed E-state index contributed by atoms with van der Waals surface area (Å²) in [5.74, 6) is 0.0583. The molecule has 0 fully saturated rings. The molecule has 0 radical (unpaired) electrons. The fraction of sp³-hybridized carbons (Fsp3) is 0.158. The Kier molecular flexibility index (Phi) is 5.87. The quantitative estimate of drug-likeness (QED) is 0.664. The molecule has 3 rings (SSSR count). The average molecular weight is 381 g/mol. The number of carbonyl (C=O) groups excluding carboxylic acids is 2. The normalized spacial score (nSPS) is 10.4. The number of rotatable bonds is 6. The summed E-state index contributed by atoms with van der Waals surface area (Å²) < 4.78 is 1.78. The Bertz CT molecular complexity index is 942. The molecular weight excluding hydrogens is 362 g/mol. The molecule has 0 saturated heterocycles. The van der Waals surface area contributed by atoms with Gasteiger partial charge in [-0.05, 0) is 30.3 Å². The number of carbonyl (C=O) groups is 2. The molecule has 8 heteroatoms. The van der Waals surface area contributed by atoms with Gasteiger partial charge < -0.3 is 10.2 Å². The molecule has 0 unspecified atom stereocenters. The summed E-state index contributed by atoms with van der Waals surface area (Å²) in [4.78, 5) is 25.3. The van der Waals surface area contributed by atoms with Crippen LogP contribution in [0.1, 0.15) is 6.92 Å². The van der Waals surface area contributed by atoms with E-state index in [1.54, 1.807) is 28.9 Å². The number of nitrogens with one attached hydrogen (secondary N) is 1. The molecule has 0 atom stereocenters. The van der Waals surface area contributed by atoms with E-state index in [1.165, 1.54) is 18.7 Å². The third kappa shape index (κ3) is 4.73. The zero-order chi connectivity index (χ0) is 19.2. The molecule has 2 aromatic carbocycles. The second-order valence-electron chi connectivity index (χ2n) is 5.79. The first-order valence-electron chi connectivity index (χ1n) is 8.27. The lowest BCUT2D eigenvalue weighted by Crippen LogP contribution is -2.27. The first kappa shape index (κ1) is 18.7. The van der Waals surface area contributed by atoms with E-state index in [1.807, 2.05) is 48.5 Å². The van der Waals surface area contributed by atoms with Crippen molar-refractivity contribution >= 4 is 35.0 Å². The topological polar surface area (TPSA) is 80.1 Å². The molecule has 138 valence electrons. The van der Waals surface area contributed by atoms with Gasteiger partial charge >= 0.3 is 0 Å². The van der Waals surface area contributed by atoms with Crippen LogP contribution >= 0.6 is 11.8 Å². The summed E-state index contributed by atoms with van der Waals surface area (Å²) in [5.41, 5.74) is 2.33. The third-order valence-corrected chi connectivity index (χ3v) is 4.73. The molecule has 7 nitrogen and oxygen atoms in total. The molecule has 0 spiro atoms. The van der Waals surface area contributed by atoms with Crippen molar-refractivity contribution < 1.29 is 9.59 Å². The molecule has 0 aliphatic carbocycles. The Hall–Kier alpha value is -3.13. The van der Waals surface area contributed by atoms with Gasteiger partial charge in [-0.25, -0.2) is 0 Å². The fourth-order valence-electron chi connectivity index (χ4n) is 2.46. The van der Waals surface area contributed by atoms with E-state index in [4.69, 9.17) is 0 Å². The maximum atomic E-state index is 12.5. The maximum Gasteiger partial charge on any atom is 0.237 e. The van der Waals surface area contributed by atoms with E-state index in [9.17, 15) is 9.59 Å². The molecule has 1 heterocycles. The van der Waals surface area contributed by atoms with Gasteiger partial charge in [0.05, 0.1) is 11.4 Å². The van der Waals surface area contributed by atoms with Crippen LogP contribution in [0.3, 0.4) is 0 Å². The van der Waals surface area contributed by atoms with Gasteiger partial charge in [-0.15, -0.1) is 10.2 Å². The zero-order valence-electron chi connectivity index (χ0n) is 15.0. The third-order valence-electron chi connectivity index (χ3n) is 3.80. The van der Waals surface area contributed by atoms with Crippen molar-refractivity contribution in [3.63, 3.8) is 0 Å². The van der Waals surface area contributed by atoms with Gasteiger partial charge in [0.2, 0.25) is 11.8 Å². The van der Waals surface area contributed by atoms with Crippen LogP contribution in [-0.2, 0) is 9.59 Å². The molecular formula is C19H19N5O2S. The number of benzene rings is 2. The van der Waals surface area contributed by atoms with Gasteiger partial charge in [-0.1, -0.05) is 36.0 Å². The Morgan fingerprint density at radius 1 is 1.15 bits per heavy atom. The van der Waals surface area contributed by atoms with Crippen molar-refractivity contribution in [1.29, 1.82) is 0 Å². The van der Waals surface area contributed by atoms with E-state index in [0.29, 0.717) is 10.8 Å². The molecule has 27 heavy (non-hydrogen) atoms. The van der Waals surface area contributed by atoms with Gasteiger partial charge in [0, 0.05) is 25.3 Å². The summed E-state index contributed by atoms with van der Waals surface area (Å²) in [6.45, 7) is 1.46. The van der Waals surface area contributed by atoms with Crippen molar-refractivity contribution in [3.8, 4) is 5.69 Å². The van der Waals surface area contributed by atoms with Crippen molar-refractivity contribution in [2.45, 2.75) is 12.1 Å². The van der Waals surface area contributed by atoms with Crippen LogP contribution in [0.2, 0.25) is 0 Å². The molecule has 0 aliphatic rings. The van der Waals surface area contributed by atoms with E-state index in [0.717, 1.165) is 11.4 Å². The van der Waals surface area contributed by atoms with Crippen LogP contribution in [0.15, 0.2) is 66.1 Å². The molecule has 1 aromatic heterocycles. The summed E-state index contributed by atoms with van der Waals surface area (Å²) in [6, 6.07) is 16.8. The maximum absolute atomic E-state index is 12.5. The highest BCUT2D eigenvalue weighted by Gasteiger charge is 2.14. The predicted octanol–water partition coefficient (Wildman–Crippen LogP) is 2.98. The monoisotopic (exact) mass is 381 g/mol. The van der Waals surface area contributed by atoms with Gasteiger partial charge in [-0.2, -0.15) is 0 Å². The zero-order valence-corrected chi connectivity index (χ0v) is 15.8. The number of para-hydroxylation sites is 1. The summed E-state index contributed by atoms with van der Waals surface area (Å²) >= 11 is 1.31. The minimum Gasteiger partial charge on any atom is -0.326 e. The second kappa shape index (κ2) is 8.50. The fourth-order valence-corrected chi connectivity index (χ4v) is 3.30. The van der Waals surface area contributed by atoms with Crippen LogP contribution < -0.4 is 10.2 Å². The summed E-state index contributed by atoms with van der Waals surface area (Å²) in [7, 11) is 1.75. The van der Waals surface area contributed by atoms with Crippen LogP contribution in [0.4, 0.5) is 11.4 Å². The Morgan fingerprint density at radius 2 is 1.93 bits per heavy atom.